The Balaban J connectivity index is 1.85. The summed E-state index contributed by atoms with van der Waals surface area (Å²) < 4.78 is 66.0. The number of phenolic OH excluding ortho intramolecular Hbond substituents is 1. The molecule has 2 aromatic carbocycles. The minimum absolute atomic E-state index is 0.0788. The van der Waals surface area contributed by atoms with Crippen LogP contribution in [0.3, 0.4) is 0 Å². The third-order valence-corrected chi connectivity index (χ3v) is 5.26. The summed E-state index contributed by atoms with van der Waals surface area (Å²) in [6.07, 6.45) is -4.60. The third kappa shape index (κ3) is 5.65. The summed E-state index contributed by atoms with van der Waals surface area (Å²) in [4.78, 5) is 25.3. The minimum atomic E-state index is -4.66. The van der Waals surface area contributed by atoms with E-state index in [-0.39, 0.29) is 31.5 Å². The molecule has 0 atom stereocenters. The zero-order chi connectivity index (χ0) is 25.2. The van der Waals surface area contributed by atoms with Gasteiger partial charge in [-0.05, 0) is 23.8 Å². The number of carbonyl (C=O) groups is 2. The van der Waals surface area contributed by atoms with E-state index in [0.717, 1.165) is 24.3 Å². The molecule has 1 amide bonds. The molecule has 6 nitrogen and oxygen atoms in total. The van der Waals surface area contributed by atoms with Crippen molar-refractivity contribution in [2.45, 2.75) is 25.7 Å². The topological polar surface area (TPSA) is 84.2 Å². The quantitative estimate of drug-likeness (QED) is 0.310. The highest BCUT2D eigenvalue weighted by Crippen LogP contribution is 2.33. The molecule has 3 rings (SSSR count). The number of nitrogens with zero attached hydrogens (tertiary/aromatic N) is 2. The minimum Gasteiger partial charge on any atom is -0.505 e. The van der Waals surface area contributed by atoms with Gasteiger partial charge in [-0.1, -0.05) is 41.4 Å². The highest BCUT2D eigenvalue weighted by atomic mass is 35.5. The lowest BCUT2D eigenvalue weighted by atomic mass is 10.0. The van der Waals surface area contributed by atoms with Gasteiger partial charge in [0.15, 0.2) is 11.5 Å². The van der Waals surface area contributed by atoms with Crippen molar-refractivity contribution in [3.05, 3.63) is 80.6 Å². The molecular weight excluding hydrogens is 508 g/mol. The number of aromatic nitrogens is 2. The fourth-order valence-corrected chi connectivity index (χ4v) is 3.54. The number of rotatable bonds is 7. The van der Waals surface area contributed by atoms with E-state index in [1.54, 1.807) is 0 Å². The number of nitrogens with one attached hydrogen (secondary N) is 1. The molecule has 0 aliphatic rings. The second-order valence-electron chi connectivity index (χ2n) is 6.97. The number of benzene rings is 2. The standard InChI is InChI=1S/C21H14Cl2F5N3O3/c22-14-5-11(6-15(23)18(14)33)17(32)7-16-12(9-31(30-16)20(24)25)19(34)29-8-10-3-1-2-4-13(10)21(26,27)28/h1-6,9,20,33H,7-8H2,(H,29,34). The molecule has 0 unspecified atom stereocenters. The van der Waals surface area contributed by atoms with Gasteiger partial charge in [0.1, 0.15) is 0 Å². The summed E-state index contributed by atoms with van der Waals surface area (Å²) in [7, 11) is 0. The summed E-state index contributed by atoms with van der Waals surface area (Å²) >= 11 is 11.6. The SMILES string of the molecule is O=C(Cc1nn(C(F)F)cc1C(=O)NCc1ccccc1C(F)(F)F)c1cc(Cl)c(O)c(Cl)c1. The molecule has 0 bridgehead atoms. The van der Waals surface area contributed by atoms with Crippen molar-refractivity contribution in [3.63, 3.8) is 0 Å². The maximum atomic E-state index is 13.2. The number of carbonyl (C=O) groups excluding carboxylic acids is 2. The molecular formula is C21H14Cl2F5N3O3. The maximum Gasteiger partial charge on any atom is 0.416 e. The normalized spacial score (nSPS) is 11.6. The summed E-state index contributed by atoms with van der Waals surface area (Å²) in [5.41, 5.74) is -2.04. The lowest BCUT2D eigenvalue weighted by Crippen LogP contribution is -2.25. The predicted molar refractivity (Wildman–Crippen MR) is 112 cm³/mol. The summed E-state index contributed by atoms with van der Waals surface area (Å²) in [6, 6.07) is 6.74. The average Bonchev–Trinajstić information content (AvgIpc) is 3.19. The van der Waals surface area contributed by atoms with Gasteiger partial charge in [0.2, 0.25) is 0 Å². The maximum absolute atomic E-state index is 13.2. The Morgan fingerprint density at radius 3 is 2.32 bits per heavy atom. The molecule has 0 fully saturated rings. The van der Waals surface area contributed by atoms with Gasteiger partial charge >= 0.3 is 12.7 Å². The van der Waals surface area contributed by atoms with Crippen LogP contribution in [-0.2, 0) is 19.1 Å². The number of ketones is 1. The lowest BCUT2D eigenvalue weighted by Gasteiger charge is -2.13. The van der Waals surface area contributed by atoms with Gasteiger partial charge in [-0.3, -0.25) is 9.59 Å². The number of amides is 1. The fraction of sp³-hybridized carbons (Fsp3) is 0.190. The Hall–Kier alpha value is -3.18. The van der Waals surface area contributed by atoms with E-state index in [1.165, 1.54) is 12.1 Å². The Bertz CT molecular complexity index is 1220. The highest BCUT2D eigenvalue weighted by Gasteiger charge is 2.33. The fourth-order valence-electron chi connectivity index (χ4n) is 3.05. The molecule has 0 spiro atoms. The third-order valence-electron chi connectivity index (χ3n) is 4.68. The summed E-state index contributed by atoms with van der Waals surface area (Å²) in [5, 5.41) is 15.0. The van der Waals surface area contributed by atoms with E-state index >= 15 is 0 Å². The first-order valence-electron chi connectivity index (χ1n) is 9.39. The van der Waals surface area contributed by atoms with E-state index in [9.17, 15) is 36.6 Å². The van der Waals surface area contributed by atoms with Gasteiger partial charge in [0.25, 0.3) is 5.91 Å². The Morgan fingerprint density at radius 2 is 1.74 bits per heavy atom. The van der Waals surface area contributed by atoms with Crippen molar-refractivity contribution in [2.24, 2.45) is 0 Å². The van der Waals surface area contributed by atoms with E-state index in [1.807, 2.05) is 0 Å². The lowest BCUT2D eigenvalue weighted by molar-refractivity contribution is -0.138. The second-order valence-corrected chi connectivity index (χ2v) is 7.79. The number of hydrogen-bond acceptors (Lipinski definition) is 4. The van der Waals surface area contributed by atoms with Crippen LogP contribution in [0.1, 0.15) is 44.1 Å². The van der Waals surface area contributed by atoms with Crippen LogP contribution in [0.4, 0.5) is 22.0 Å². The predicted octanol–water partition coefficient (Wildman–Crippen LogP) is 5.66. The van der Waals surface area contributed by atoms with E-state index in [4.69, 9.17) is 23.2 Å². The van der Waals surface area contributed by atoms with Gasteiger partial charge in [-0.25, -0.2) is 4.68 Å². The number of alkyl halides is 5. The van der Waals surface area contributed by atoms with Crippen LogP contribution in [0, 0.1) is 0 Å². The zero-order valence-corrected chi connectivity index (χ0v) is 18.3. The Labute approximate surface area is 198 Å². The molecule has 180 valence electrons. The van der Waals surface area contributed by atoms with Crippen LogP contribution in [0.25, 0.3) is 0 Å². The van der Waals surface area contributed by atoms with Crippen LogP contribution < -0.4 is 5.32 Å². The van der Waals surface area contributed by atoms with Crippen LogP contribution in [-0.4, -0.2) is 26.6 Å². The molecule has 1 heterocycles. The first-order chi connectivity index (χ1) is 15.9. The van der Waals surface area contributed by atoms with Crippen LogP contribution in [0.2, 0.25) is 10.0 Å². The van der Waals surface area contributed by atoms with Crippen LogP contribution in [0.15, 0.2) is 42.6 Å². The molecule has 13 heteroatoms. The molecule has 34 heavy (non-hydrogen) atoms. The molecule has 2 N–H and O–H groups in total. The van der Waals surface area contributed by atoms with Gasteiger partial charge in [-0.15, -0.1) is 0 Å². The Morgan fingerprint density at radius 1 is 1.12 bits per heavy atom. The first kappa shape index (κ1) is 25.4. The Kier molecular flexibility index (Phi) is 7.47. The molecule has 3 aromatic rings. The highest BCUT2D eigenvalue weighted by molar-refractivity contribution is 6.37. The van der Waals surface area contributed by atoms with Crippen molar-refractivity contribution in [1.29, 1.82) is 0 Å². The molecule has 0 aliphatic heterocycles. The smallest absolute Gasteiger partial charge is 0.416 e. The molecule has 1 aromatic heterocycles. The van der Waals surface area contributed by atoms with Crippen molar-refractivity contribution in [3.8, 4) is 5.75 Å². The second kappa shape index (κ2) is 9.98. The monoisotopic (exact) mass is 521 g/mol. The van der Waals surface area contributed by atoms with Crippen molar-refractivity contribution in [1.82, 2.24) is 15.1 Å². The van der Waals surface area contributed by atoms with E-state index < -0.39 is 54.3 Å². The average molecular weight is 522 g/mol. The van der Waals surface area contributed by atoms with E-state index in [2.05, 4.69) is 10.4 Å². The largest absolute Gasteiger partial charge is 0.505 e. The molecule has 0 saturated carbocycles. The van der Waals surface area contributed by atoms with Gasteiger partial charge < -0.3 is 10.4 Å². The summed E-state index contributed by atoms with van der Waals surface area (Å²) in [5.74, 6) is -2.17. The number of phenols is 1. The molecule has 0 radical (unpaired) electrons. The van der Waals surface area contributed by atoms with Crippen LogP contribution in [0.5, 0.6) is 5.75 Å². The number of halogens is 7. The van der Waals surface area contributed by atoms with Crippen molar-refractivity contribution >= 4 is 34.9 Å². The first-order valence-corrected chi connectivity index (χ1v) is 10.1. The molecule has 0 aliphatic carbocycles. The van der Waals surface area contributed by atoms with Gasteiger partial charge in [0.05, 0.1) is 33.3 Å². The molecule has 0 saturated heterocycles. The van der Waals surface area contributed by atoms with Gasteiger partial charge in [0, 0.05) is 18.3 Å². The van der Waals surface area contributed by atoms with Crippen LogP contribution >= 0.6 is 23.2 Å². The van der Waals surface area contributed by atoms with Crippen molar-refractivity contribution in [2.75, 3.05) is 0 Å². The number of Topliss-reactive ketones (excluding diaryl/α,β-unsaturated/α-hetero) is 1. The number of aromatic hydroxyl groups is 1. The number of hydrogen-bond donors (Lipinski definition) is 2. The van der Waals surface area contributed by atoms with Crippen molar-refractivity contribution < 1.29 is 36.6 Å². The summed E-state index contributed by atoms with van der Waals surface area (Å²) in [6.45, 7) is -3.69. The van der Waals surface area contributed by atoms with Gasteiger partial charge in [-0.2, -0.15) is 27.1 Å². The van der Waals surface area contributed by atoms with E-state index in [0.29, 0.717) is 6.20 Å². The zero-order valence-electron chi connectivity index (χ0n) is 16.8.